The van der Waals surface area contributed by atoms with Crippen molar-refractivity contribution < 1.29 is 4.74 Å². The molecule has 0 unspecified atom stereocenters. The van der Waals surface area contributed by atoms with Crippen LogP contribution in [-0.4, -0.2) is 58.7 Å². The lowest BCUT2D eigenvalue weighted by atomic mass is 10.1. The Morgan fingerprint density at radius 1 is 1.03 bits per heavy atom. The van der Waals surface area contributed by atoms with Crippen molar-refractivity contribution >= 4 is 17.7 Å². The molecule has 1 fully saturated rings. The molecule has 0 amide bonds. The Labute approximate surface area is 186 Å². The van der Waals surface area contributed by atoms with E-state index in [2.05, 4.69) is 25.1 Å². The van der Waals surface area contributed by atoms with Crippen LogP contribution in [0, 0.1) is 6.92 Å². The molecule has 0 spiro atoms. The quantitative estimate of drug-likeness (QED) is 0.680. The molecule has 9 heteroatoms. The van der Waals surface area contributed by atoms with E-state index in [4.69, 9.17) is 9.73 Å². The van der Waals surface area contributed by atoms with E-state index in [1.54, 1.807) is 11.7 Å². The number of aliphatic imine (C=N–C) groups is 1. The van der Waals surface area contributed by atoms with Crippen molar-refractivity contribution in [2.24, 2.45) is 4.99 Å². The highest BCUT2D eigenvalue weighted by molar-refractivity contribution is 5.93. The van der Waals surface area contributed by atoms with Crippen LogP contribution in [0.25, 0.3) is 0 Å². The summed E-state index contributed by atoms with van der Waals surface area (Å²) >= 11 is 0. The van der Waals surface area contributed by atoms with Crippen LogP contribution < -0.4 is 20.5 Å². The number of hydrogen-bond donors (Lipinski definition) is 1. The molecule has 1 saturated heterocycles. The van der Waals surface area contributed by atoms with Crippen LogP contribution >= 0.6 is 0 Å². The van der Waals surface area contributed by atoms with Gasteiger partial charge in [0.1, 0.15) is 11.6 Å². The van der Waals surface area contributed by atoms with Gasteiger partial charge in [0.05, 0.1) is 7.11 Å². The van der Waals surface area contributed by atoms with Gasteiger partial charge < -0.3 is 14.5 Å². The van der Waals surface area contributed by atoms with Gasteiger partial charge in [-0.1, -0.05) is 24.3 Å². The number of methoxy groups -OCH3 is 1. The fraction of sp³-hybridized carbons (Fsp3) is 0.304. The fourth-order valence-corrected chi connectivity index (χ4v) is 4.17. The molecular weight excluding hydrogens is 406 g/mol. The predicted molar refractivity (Wildman–Crippen MR) is 123 cm³/mol. The third kappa shape index (κ3) is 3.66. The van der Waals surface area contributed by atoms with Gasteiger partial charge in [0.2, 0.25) is 11.9 Å². The van der Waals surface area contributed by atoms with Crippen LogP contribution in [0.4, 0.5) is 11.8 Å². The number of para-hydroxylation sites is 1. The van der Waals surface area contributed by atoms with Gasteiger partial charge in [-0.3, -0.25) is 14.7 Å². The third-order valence-electron chi connectivity index (χ3n) is 5.76. The normalized spacial score (nSPS) is 17.9. The molecule has 164 valence electrons. The van der Waals surface area contributed by atoms with E-state index in [0.717, 1.165) is 37.6 Å². The summed E-state index contributed by atoms with van der Waals surface area (Å²) in [6.45, 7) is 5.02. The van der Waals surface area contributed by atoms with E-state index >= 15 is 0 Å². The molecule has 0 aliphatic carbocycles. The van der Waals surface area contributed by atoms with E-state index in [9.17, 15) is 4.79 Å². The first-order chi connectivity index (χ1) is 15.6. The number of guanidine groups is 1. The minimum atomic E-state index is -0.563. The van der Waals surface area contributed by atoms with Crippen LogP contribution in [0.1, 0.15) is 17.4 Å². The SMILES string of the molecule is COc1ccccc1[C@@H]1N=C(N2CCN(c3ccccn3)CC2)Nc2nc(C)cc(=O)n21. The van der Waals surface area contributed by atoms with E-state index in [1.165, 1.54) is 6.07 Å². The number of anilines is 2. The number of fused-ring (bicyclic) bond motifs is 1. The number of piperazine rings is 1. The maximum Gasteiger partial charge on any atom is 0.257 e. The molecule has 1 atom stereocenters. The summed E-state index contributed by atoms with van der Waals surface area (Å²) in [6.07, 6.45) is 1.25. The summed E-state index contributed by atoms with van der Waals surface area (Å²) in [6, 6.07) is 15.1. The van der Waals surface area contributed by atoms with Crippen molar-refractivity contribution in [3.05, 3.63) is 76.3 Å². The van der Waals surface area contributed by atoms with Crippen molar-refractivity contribution in [3.63, 3.8) is 0 Å². The van der Waals surface area contributed by atoms with Gasteiger partial charge in [0, 0.05) is 49.7 Å². The number of aromatic nitrogens is 3. The maximum atomic E-state index is 12.9. The molecule has 4 heterocycles. The Morgan fingerprint density at radius 3 is 2.53 bits per heavy atom. The summed E-state index contributed by atoms with van der Waals surface area (Å²) in [4.78, 5) is 31.4. The Morgan fingerprint density at radius 2 is 1.78 bits per heavy atom. The third-order valence-corrected chi connectivity index (χ3v) is 5.76. The molecule has 0 radical (unpaired) electrons. The van der Waals surface area contributed by atoms with Crippen molar-refractivity contribution in [2.45, 2.75) is 13.1 Å². The molecule has 2 aromatic heterocycles. The summed E-state index contributed by atoms with van der Waals surface area (Å²) in [5.41, 5.74) is 1.32. The van der Waals surface area contributed by atoms with Gasteiger partial charge in [-0.15, -0.1) is 0 Å². The second-order valence-corrected chi connectivity index (χ2v) is 7.78. The number of rotatable bonds is 3. The average molecular weight is 432 g/mol. The van der Waals surface area contributed by atoms with Crippen molar-refractivity contribution in [1.82, 2.24) is 19.4 Å². The largest absolute Gasteiger partial charge is 0.496 e. The molecule has 9 nitrogen and oxygen atoms in total. The van der Waals surface area contributed by atoms with Crippen molar-refractivity contribution in [2.75, 3.05) is 43.5 Å². The number of hydrogen-bond acceptors (Lipinski definition) is 8. The summed E-state index contributed by atoms with van der Waals surface area (Å²) < 4.78 is 7.15. The Kier molecular flexibility index (Phi) is 5.22. The lowest BCUT2D eigenvalue weighted by Crippen LogP contribution is -2.52. The topological polar surface area (TPSA) is 87.9 Å². The maximum absolute atomic E-state index is 12.9. The van der Waals surface area contributed by atoms with Crippen LogP contribution in [0.15, 0.2) is 64.5 Å². The second kappa shape index (κ2) is 8.33. The number of ether oxygens (including phenoxy) is 1. The number of aryl methyl sites for hydroxylation is 1. The Balaban J connectivity index is 1.48. The minimum absolute atomic E-state index is 0.154. The van der Waals surface area contributed by atoms with Crippen LogP contribution in [0.3, 0.4) is 0 Å². The summed E-state index contributed by atoms with van der Waals surface area (Å²) in [7, 11) is 1.62. The molecule has 2 aliphatic rings. The van der Waals surface area contributed by atoms with Gasteiger partial charge in [-0.2, -0.15) is 0 Å². The zero-order chi connectivity index (χ0) is 22.1. The minimum Gasteiger partial charge on any atom is -0.496 e. The number of pyridine rings is 1. The van der Waals surface area contributed by atoms with Gasteiger partial charge in [0.15, 0.2) is 6.17 Å². The lowest BCUT2D eigenvalue weighted by molar-refractivity contribution is 0.372. The van der Waals surface area contributed by atoms with Crippen LogP contribution in [0.5, 0.6) is 5.75 Å². The van der Waals surface area contributed by atoms with Crippen molar-refractivity contribution in [3.8, 4) is 5.75 Å². The van der Waals surface area contributed by atoms with Crippen molar-refractivity contribution in [1.29, 1.82) is 0 Å². The molecule has 3 aromatic rings. The highest BCUT2D eigenvalue weighted by atomic mass is 16.5. The molecule has 32 heavy (non-hydrogen) atoms. The molecule has 0 bridgehead atoms. The lowest BCUT2D eigenvalue weighted by Gasteiger charge is -2.39. The number of nitrogens with one attached hydrogen (secondary N) is 1. The highest BCUT2D eigenvalue weighted by Crippen LogP contribution is 2.32. The Hall–Kier alpha value is -3.88. The molecule has 1 N–H and O–H groups in total. The number of nitrogens with zero attached hydrogens (tertiary/aromatic N) is 6. The van der Waals surface area contributed by atoms with Gasteiger partial charge in [-0.25, -0.2) is 15.0 Å². The Bertz CT molecular complexity index is 1200. The summed E-state index contributed by atoms with van der Waals surface area (Å²) in [5.74, 6) is 2.86. The standard InChI is InChI=1S/C23H25N7O2/c1-16-15-20(31)30-21(17-7-3-4-8-18(17)32-2)26-22(27-23(30)25-16)29-13-11-28(12-14-29)19-9-5-6-10-24-19/h3-10,15,21H,11-14H2,1-2H3,(H,25,26,27)/t21-/m1/s1. The molecule has 1 aromatic carbocycles. The smallest absolute Gasteiger partial charge is 0.257 e. The van der Waals surface area contributed by atoms with Crippen LogP contribution in [-0.2, 0) is 0 Å². The van der Waals surface area contributed by atoms with E-state index in [0.29, 0.717) is 23.4 Å². The monoisotopic (exact) mass is 431 g/mol. The van der Waals surface area contributed by atoms with Crippen LogP contribution in [0.2, 0.25) is 0 Å². The zero-order valence-corrected chi connectivity index (χ0v) is 18.1. The predicted octanol–water partition coefficient (Wildman–Crippen LogP) is 2.11. The average Bonchev–Trinajstić information content (AvgIpc) is 2.83. The molecule has 2 aliphatic heterocycles. The molecule has 0 saturated carbocycles. The zero-order valence-electron chi connectivity index (χ0n) is 18.1. The second-order valence-electron chi connectivity index (χ2n) is 7.78. The first-order valence-electron chi connectivity index (χ1n) is 10.6. The number of benzene rings is 1. The summed E-state index contributed by atoms with van der Waals surface area (Å²) in [5, 5.41) is 3.29. The van der Waals surface area contributed by atoms with E-state index < -0.39 is 6.17 Å². The first-order valence-corrected chi connectivity index (χ1v) is 10.6. The molecular formula is C23H25N7O2. The van der Waals surface area contributed by atoms with Gasteiger partial charge >= 0.3 is 0 Å². The van der Waals surface area contributed by atoms with Gasteiger partial charge in [-0.05, 0) is 25.1 Å². The fourth-order valence-electron chi connectivity index (χ4n) is 4.17. The molecule has 5 rings (SSSR count). The van der Waals surface area contributed by atoms with E-state index in [1.807, 2.05) is 55.6 Å². The first kappa shape index (κ1) is 20.0. The van der Waals surface area contributed by atoms with E-state index in [-0.39, 0.29) is 5.56 Å². The van der Waals surface area contributed by atoms with Gasteiger partial charge in [0.25, 0.3) is 5.56 Å². The highest BCUT2D eigenvalue weighted by Gasteiger charge is 2.30.